The van der Waals surface area contributed by atoms with Crippen LogP contribution in [0.25, 0.3) is 0 Å². The lowest BCUT2D eigenvalue weighted by molar-refractivity contribution is 0.185. The van der Waals surface area contributed by atoms with E-state index in [1.165, 1.54) is 25.7 Å². The fourth-order valence-electron chi connectivity index (χ4n) is 3.10. The molecule has 0 amide bonds. The van der Waals surface area contributed by atoms with Crippen LogP contribution in [-0.2, 0) is 0 Å². The van der Waals surface area contributed by atoms with Crippen molar-refractivity contribution in [2.24, 2.45) is 17.8 Å². The molecule has 0 aromatic carbocycles. The lowest BCUT2D eigenvalue weighted by atomic mass is 9.89. The Labute approximate surface area is 80.7 Å². The van der Waals surface area contributed by atoms with Gasteiger partial charge in [0.25, 0.3) is 0 Å². The summed E-state index contributed by atoms with van der Waals surface area (Å²) in [6, 6.07) is 0. The Kier molecular flexibility index (Phi) is 2.89. The van der Waals surface area contributed by atoms with Crippen LogP contribution in [0.5, 0.6) is 0 Å². The van der Waals surface area contributed by atoms with Gasteiger partial charge in [0.1, 0.15) is 0 Å². The molecule has 0 heterocycles. The van der Waals surface area contributed by atoms with Gasteiger partial charge in [-0.15, -0.1) is 0 Å². The second kappa shape index (κ2) is 3.97. The quantitative estimate of drug-likeness (QED) is 0.690. The van der Waals surface area contributed by atoms with E-state index in [4.69, 9.17) is 5.11 Å². The maximum absolute atomic E-state index is 9.10. The molecular formula is C11H21NO. The Morgan fingerprint density at radius 2 is 2.23 bits per heavy atom. The largest absolute Gasteiger partial charge is 0.392 e. The zero-order chi connectivity index (χ0) is 9.26. The summed E-state index contributed by atoms with van der Waals surface area (Å²) in [6.07, 6.45) is 5.68. The van der Waals surface area contributed by atoms with Gasteiger partial charge >= 0.3 is 0 Å². The molecule has 0 saturated heterocycles. The predicted molar refractivity (Wildman–Crippen MR) is 53.5 cm³/mol. The van der Waals surface area contributed by atoms with E-state index < -0.39 is 0 Å². The van der Waals surface area contributed by atoms with Crippen molar-refractivity contribution in [1.29, 1.82) is 0 Å². The third-order valence-electron chi connectivity index (χ3n) is 3.73. The summed E-state index contributed by atoms with van der Waals surface area (Å²) in [4.78, 5) is 0. The molecule has 4 atom stereocenters. The van der Waals surface area contributed by atoms with Crippen molar-refractivity contribution in [3.05, 3.63) is 0 Å². The van der Waals surface area contributed by atoms with E-state index in [2.05, 4.69) is 5.32 Å². The standard InChI is InChI=1S/C11H21NO/c1-8(13)6-12-7-11-5-9-2-3-10(11)4-9/h8-13H,2-7H2,1H3/t8-,9?,10?,11?/m0/s1. The molecule has 2 bridgehead atoms. The van der Waals surface area contributed by atoms with Crippen LogP contribution in [0.2, 0.25) is 0 Å². The van der Waals surface area contributed by atoms with Crippen molar-refractivity contribution < 1.29 is 5.11 Å². The number of aliphatic hydroxyl groups is 1. The Morgan fingerprint density at radius 3 is 2.77 bits per heavy atom. The topological polar surface area (TPSA) is 32.3 Å². The molecule has 76 valence electrons. The first-order chi connectivity index (χ1) is 6.25. The molecule has 0 aromatic rings. The molecule has 2 fully saturated rings. The van der Waals surface area contributed by atoms with Crippen molar-refractivity contribution in [3.63, 3.8) is 0 Å². The van der Waals surface area contributed by atoms with Crippen LogP contribution in [0, 0.1) is 17.8 Å². The number of fused-ring (bicyclic) bond motifs is 2. The first-order valence-electron chi connectivity index (χ1n) is 5.64. The molecule has 0 spiro atoms. The van der Waals surface area contributed by atoms with Crippen molar-refractivity contribution in [2.75, 3.05) is 13.1 Å². The number of hydrogen-bond donors (Lipinski definition) is 2. The highest BCUT2D eigenvalue weighted by atomic mass is 16.3. The molecule has 2 aliphatic carbocycles. The van der Waals surface area contributed by atoms with Crippen LogP contribution in [0.3, 0.4) is 0 Å². The van der Waals surface area contributed by atoms with Gasteiger partial charge in [-0.1, -0.05) is 6.42 Å². The van der Waals surface area contributed by atoms with E-state index in [0.717, 1.165) is 30.8 Å². The molecule has 0 aliphatic heterocycles. The molecule has 2 nitrogen and oxygen atoms in total. The van der Waals surface area contributed by atoms with Crippen molar-refractivity contribution >= 4 is 0 Å². The molecule has 2 rings (SSSR count). The van der Waals surface area contributed by atoms with Gasteiger partial charge in [-0.2, -0.15) is 0 Å². The van der Waals surface area contributed by atoms with Crippen LogP contribution in [-0.4, -0.2) is 24.3 Å². The Bertz CT molecular complexity index is 169. The summed E-state index contributed by atoms with van der Waals surface area (Å²) in [5.41, 5.74) is 0. The minimum Gasteiger partial charge on any atom is -0.392 e. The summed E-state index contributed by atoms with van der Waals surface area (Å²) in [7, 11) is 0. The molecule has 13 heavy (non-hydrogen) atoms. The van der Waals surface area contributed by atoms with E-state index in [9.17, 15) is 0 Å². The maximum atomic E-state index is 9.10. The van der Waals surface area contributed by atoms with E-state index in [1.54, 1.807) is 0 Å². The van der Waals surface area contributed by atoms with Crippen LogP contribution < -0.4 is 5.32 Å². The molecular weight excluding hydrogens is 162 g/mol. The Hall–Kier alpha value is -0.0800. The summed E-state index contributed by atoms with van der Waals surface area (Å²) in [6.45, 7) is 3.73. The maximum Gasteiger partial charge on any atom is 0.0636 e. The van der Waals surface area contributed by atoms with Gasteiger partial charge in [-0.05, 0) is 50.5 Å². The van der Waals surface area contributed by atoms with Crippen molar-refractivity contribution in [3.8, 4) is 0 Å². The van der Waals surface area contributed by atoms with E-state index in [1.807, 2.05) is 6.92 Å². The van der Waals surface area contributed by atoms with Gasteiger partial charge in [0.2, 0.25) is 0 Å². The van der Waals surface area contributed by atoms with Crippen molar-refractivity contribution in [1.82, 2.24) is 5.32 Å². The van der Waals surface area contributed by atoms with Gasteiger partial charge in [-0.25, -0.2) is 0 Å². The van der Waals surface area contributed by atoms with E-state index in [0.29, 0.717) is 0 Å². The minimum atomic E-state index is -0.196. The van der Waals surface area contributed by atoms with Gasteiger partial charge < -0.3 is 10.4 Å². The lowest BCUT2D eigenvalue weighted by Gasteiger charge is -2.22. The highest BCUT2D eigenvalue weighted by Crippen LogP contribution is 2.47. The number of nitrogens with one attached hydrogen (secondary N) is 1. The van der Waals surface area contributed by atoms with Crippen LogP contribution in [0.1, 0.15) is 32.6 Å². The zero-order valence-corrected chi connectivity index (χ0v) is 8.50. The molecule has 3 unspecified atom stereocenters. The van der Waals surface area contributed by atoms with E-state index >= 15 is 0 Å². The van der Waals surface area contributed by atoms with Gasteiger partial charge in [-0.3, -0.25) is 0 Å². The molecule has 0 radical (unpaired) electrons. The third-order valence-corrected chi connectivity index (χ3v) is 3.73. The normalized spacial score (nSPS) is 39.7. The fraction of sp³-hybridized carbons (Fsp3) is 1.00. The minimum absolute atomic E-state index is 0.196. The van der Waals surface area contributed by atoms with Crippen LogP contribution in [0.15, 0.2) is 0 Å². The summed E-state index contributed by atoms with van der Waals surface area (Å²) in [5, 5.41) is 12.5. The predicted octanol–water partition coefficient (Wildman–Crippen LogP) is 1.39. The molecule has 2 N–H and O–H groups in total. The Balaban J connectivity index is 1.66. The molecule has 0 aromatic heterocycles. The van der Waals surface area contributed by atoms with E-state index in [-0.39, 0.29) is 6.10 Å². The zero-order valence-electron chi connectivity index (χ0n) is 8.50. The highest BCUT2D eigenvalue weighted by Gasteiger charge is 2.38. The Morgan fingerprint density at radius 1 is 1.38 bits per heavy atom. The van der Waals surface area contributed by atoms with Gasteiger partial charge in [0.15, 0.2) is 0 Å². The van der Waals surface area contributed by atoms with Gasteiger partial charge in [0.05, 0.1) is 6.10 Å². The molecule has 2 heteroatoms. The number of rotatable bonds is 4. The third kappa shape index (κ3) is 2.23. The average Bonchev–Trinajstić information content (AvgIpc) is 2.64. The average molecular weight is 183 g/mol. The monoisotopic (exact) mass is 183 g/mol. The summed E-state index contributed by atoms with van der Waals surface area (Å²) in [5.74, 6) is 2.97. The second-order valence-corrected chi connectivity index (χ2v) is 4.94. The molecule has 2 aliphatic rings. The first-order valence-corrected chi connectivity index (χ1v) is 5.64. The second-order valence-electron chi connectivity index (χ2n) is 4.94. The summed E-state index contributed by atoms with van der Waals surface area (Å²) >= 11 is 0. The van der Waals surface area contributed by atoms with Crippen LogP contribution in [0.4, 0.5) is 0 Å². The SMILES string of the molecule is C[C@H](O)CNCC1CC2CCC1C2. The number of hydrogen-bond acceptors (Lipinski definition) is 2. The first kappa shape index (κ1) is 9.47. The smallest absolute Gasteiger partial charge is 0.0636 e. The summed E-state index contributed by atoms with van der Waals surface area (Å²) < 4.78 is 0. The fourth-order valence-corrected chi connectivity index (χ4v) is 3.10. The highest BCUT2D eigenvalue weighted by molar-refractivity contribution is 4.90. The molecule has 2 saturated carbocycles. The van der Waals surface area contributed by atoms with Gasteiger partial charge in [0, 0.05) is 6.54 Å². The number of aliphatic hydroxyl groups excluding tert-OH is 1. The lowest BCUT2D eigenvalue weighted by Crippen LogP contribution is -2.31. The van der Waals surface area contributed by atoms with Crippen molar-refractivity contribution in [2.45, 2.75) is 38.7 Å². The van der Waals surface area contributed by atoms with Crippen LogP contribution >= 0.6 is 0 Å².